The Morgan fingerprint density at radius 3 is 2.37 bits per heavy atom. The Morgan fingerprint density at radius 1 is 1.07 bits per heavy atom. The molecule has 1 N–H and O–H groups in total. The number of carbonyl (C=O) groups excluding carboxylic acids is 1. The Balaban J connectivity index is 1.55. The van der Waals surface area contributed by atoms with E-state index in [9.17, 15) is 4.79 Å². The van der Waals surface area contributed by atoms with Gasteiger partial charge in [0, 0.05) is 38.6 Å². The van der Waals surface area contributed by atoms with Gasteiger partial charge in [0.15, 0.2) is 0 Å². The number of nitrogens with zero attached hydrogens (tertiary/aromatic N) is 4. The molecule has 1 fully saturated rings. The standard InChI is InChI=1S/C21H29N5O/c1-3-8-19(18-9-5-4-6-10-18)24-20(27)17(2)25-13-15-26(16-14-25)21-22-11-7-12-23-21/h4-7,9-12,17,19H,3,8,13-16H2,1-2H3,(H,24,27)/t17-,19-/m0/s1. The first-order valence-corrected chi connectivity index (χ1v) is 9.80. The minimum atomic E-state index is -0.146. The van der Waals surface area contributed by atoms with Gasteiger partial charge in [0.2, 0.25) is 11.9 Å². The molecule has 1 aromatic heterocycles. The lowest BCUT2D eigenvalue weighted by molar-refractivity contribution is -0.126. The molecule has 1 aliphatic rings. The van der Waals surface area contributed by atoms with Crippen LogP contribution in [0.3, 0.4) is 0 Å². The van der Waals surface area contributed by atoms with Crippen LogP contribution in [-0.2, 0) is 4.79 Å². The van der Waals surface area contributed by atoms with E-state index in [4.69, 9.17) is 0 Å². The molecular formula is C21H29N5O. The highest BCUT2D eigenvalue weighted by atomic mass is 16.2. The summed E-state index contributed by atoms with van der Waals surface area (Å²) in [7, 11) is 0. The zero-order chi connectivity index (χ0) is 19.1. The summed E-state index contributed by atoms with van der Waals surface area (Å²) >= 11 is 0. The number of piperazine rings is 1. The molecule has 3 rings (SSSR count). The minimum absolute atomic E-state index is 0.0742. The van der Waals surface area contributed by atoms with Gasteiger partial charge in [0.1, 0.15) is 0 Å². The van der Waals surface area contributed by atoms with Crippen LogP contribution in [-0.4, -0.2) is 53.0 Å². The van der Waals surface area contributed by atoms with Crippen molar-refractivity contribution in [2.75, 3.05) is 31.1 Å². The SMILES string of the molecule is CCC[C@H](NC(=O)[C@H](C)N1CCN(c2ncccn2)CC1)c1ccccc1. The Labute approximate surface area is 161 Å². The van der Waals surface area contributed by atoms with E-state index in [0.29, 0.717) is 0 Å². The van der Waals surface area contributed by atoms with Crippen LogP contribution in [0.4, 0.5) is 5.95 Å². The van der Waals surface area contributed by atoms with Crippen LogP contribution in [0.5, 0.6) is 0 Å². The number of hydrogen-bond acceptors (Lipinski definition) is 5. The molecule has 0 aliphatic carbocycles. The van der Waals surface area contributed by atoms with Gasteiger partial charge in [0.25, 0.3) is 0 Å². The van der Waals surface area contributed by atoms with Crippen molar-refractivity contribution in [2.45, 2.75) is 38.8 Å². The molecule has 2 heterocycles. The van der Waals surface area contributed by atoms with Crippen LogP contribution in [0.15, 0.2) is 48.8 Å². The van der Waals surface area contributed by atoms with E-state index in [1.54, 1.807) is 12.4 Å². The summed E-state index contributed by atoms with van der Waals surface area (Å²) in [5, 5.41) is 3.26. The van der Waals surface area contributed by atoms with Gasteiger partial charge < -0.3 is 10.2 Å². The van der Waals surface area contributed by atoms with E-state index in [2.05, 4.69) is 44.1 Å². The minimum Gasteiger partial charge on any atom is -0.348 e. The van der Waals surface area contributed by atoms with Crippen LogP contribution >= 0.6 is 0 Å². The van der Waals surface area contributed by atoms with Gasteiger partial charge in [-0.15, -0.1) is 0 Å². The molecule has 1 saturated heterocycles. The largest absolute Gasteiger partial charge is 0.348 e. The average Bonchev–Trinajstić information content (AvgIpc) is 2.74. The number of benzene rings is 1. The van der Waals surface area contributed by atoms with Crippen LogP contribution in [0.2, 0.25) is 0 Å². The van der Waals surface area contributed by atoms with E-state index in [-0.39, 0.29) is 18.0 Å². The molecular weight excluding hydrogens is 338 g/mol. The van der Waals surface area contributed by atoms with Gasteiger partial charge in [-0.3, -0.25) is 9.69 Å². The van der Waals surface area contributed by atoms with Crippen molar-refractivity contribution in [3.8, 4) is 0 Å². The van der Waals surface area contributed by atoms with Gasteiger partial charge >= 0.3 is 0 Å². The number of hydrogen-bond donors (Lipinski definition) is 1. The highest BCUT2D eigenvalue weighted by Crippen LogP contribution is 2.19. The molecule has 0 saturated carbocycles. The normalized spacial score (nSPS) is 17.3. The third kappa shape index (κ3) is 5.04. The molecule has 144 valence electrons. The van der Waals surface area contributed by atoms with E-state index >= 15 is 0 Å². The second kappa shape index (κ2) is 9.46. The number of anilines is 1. The third-order valence-corrected chi connectivity index (χ3v) is 5.17. The lowest BCUT2D eigenvalue weighted by Crippen LogP contribution is -2.54. The van der Waals surface area contributed by atoms with Gasteiger partial charge in [-0.2, -0.15) is 0 Å². The number of nitrogens with one attached hydrogen (secondary N) is 1. The summed E-state index contributed by atoms with van der Waals surface area (Å²) in [6, 6.07) is 12.0. The first-order chi connectivity index (χ1) is 13.2. The Hall–Kier alpha value is -2.47. The molecule has 1 aromatic carbocycles. The molecule has 27 heavy (non-hydrogen) atoms. The van der Waals surface area contributed by atoms with E-state index in [1.165, 1.54) is 5.56 Å². The Kier molecular flexibility index (Phi) is 6.76. The highest BCUT2D eigenvalue weighted by molar-refractivity contribution is 5.81. The predicted octanol–water partition coefficient (Wildman–Crippen LogP) is 2.64. The van der Waals surface area contributed by atoms with Crippen molar-refractivity contribution in [2.24, 2.45) is 0 Å². The molecule has 2 aromatic rings. The van der Waals surface area contributed by atoms with Gasteiger partial charge in [0.05, 0.1) is 12.1 Å². The van der Waals surface area contributed by atoms with Crippen LogP contribution in [0, 0.1) is 0 Å². The highest BCUT2D eigenvalue weighted by Gasteiger charge is 2.27. The fourth-order valence-corrected chi connectivity index (χ4v) is 3.52. The van der Waals surface area contributed by atoms with E-state index in [0.717, 1.165) is 45.0 Å². The smallest absolute Gasteiger partial charge is 0.237 e. The number of carbonyl (C=O) groups is 1. The quantitative estimate of drug-likeness (QED) is 0.815. The molecule has 1 aliphatic heterocycles. The fourth-order valence-electron chi connectivity index (χ4n) is 3.52. The number of amides is 1. The second-order valence-electron chi connectivity index (χ2n) is 7.01. The molecule has 6 heteroatoms. The molecule has 2 atom stereocenters. The van der Waals surface area contributed by atoms with E-state index < -0.39 is 0 Å². The lowest BCUT2D eigenvalue weighted by atomic mass is 10.0. The van der Waals surface area contributed by atoms with Crippen molar-refractivity contribution in [1.29, 1.82) is 0 Å². The molecule has 1 amide bonds. The zero-order valence-corrected chi connectivity index (χ0v) is 16.2. The first kappa shape index (κ1) is 19.3. The van der Waals surface area contributed by atoms with Crippen LogP contribution < -0.4 is 10.2 Å². The molecule has 0 radical (unpaired) electrons. The summed E-state index contributed by atoms with van der Waals surface area (Å²) < 4.78 is 0. The van der Waals surface area contributed by atoms with Crippen molar-refractivity contribution in [1.82, 2.24) is 20.2 Å². The molecule has 6 nitrogen and oxygen atoms in total. The summed E-state index contributed by atoms with van der Waals surface area (Å²) in [6.45, 7) is 7.47. The van der Waals surface area contributed by atoms with Gasteiger partial charge in [-0.05, 0) is 25.0 Å². The monoisotopic (exact) mass is 367 g/mol. The van der Waals surface area contributed by atoms with Crippen molar-refractivity contribution in [3.05, 3.63) is 54.4 Å². The fraction of sp³-hybridized carbons (Fsp3) is 0.476. The van der Waals surface area contributed by atoms with E-state index in [1.807, 2.05) is 31.2 Å². The average molecular weight is 367 g/mol. The second-order valence-corrected chi connectivity index (χ2v) is 7.01. The topological polar surface area (TPSA) is 61.4 Å². The zero-order valence-electron chi connectivity index (χ0n) is 16.2. The molecule has 0 bridgehead atoms. The Bertz CT molecular complexity index is 701. The van der Waals surface area contributed by atoms with Crippen molar-refractivity contribution < 1.29 is 4.79 Å². The third-order valence-electron chi connectivity index (χ3n) is 5.17. The number of aromatic nitrogens is 2. The summed E-state index contributed by atoms with van der Waals surface area (Å²) in [4.78, 5) is 25.9. The van der Waals surface area contributed by atoms with Crippen LogP contribution in [0.1, 0.15) is 38.3 Å². The first-order valence-electron chi connectivity index (χ1n) is 9.80. The predicted molar refractivity (Wildman–Crippen MR) is 108 cm³/mol. The summed E-state index contributed by atoms with van der Waals surface area (Å²) in [5.74, 6) is 0.864. The maximum absolute atomic E-state index is 12.9. The van der Waals surface area contributed by atoms with Crippen molar-refractivity contribution >= 4 is 11.9 Å². The maximum atomic E-state index is 12.9. The summed E-state index contributed by atoms with van der Waals surface area (Å²) in [5.41, 5.74) is 1.17. The Morgan fingerprint density at radius 2 is 1.74 bits per heavy atom. The van der Waals surface area contributed by atoms with Gasteiger partial charge in [-0.1, -0.05) is 43.7 Å². The van der Waals surface area contributed by atoms with Crippen molar-refractivity contribution in [3.63, 3.8) is 0 Å². The maximum Gasteiger partial charge on any atom is 0.237 e. The molecule has 0 spiro atoms. The lowest BCUT2D eigenvalue weighted by Gasteiger charge is -2.37. The van der Waals surface area contributed by atoms with Gasteiger partial charge in [-0.25, -0.2) is 9.97 Å². The number of rotatable bonds is 7. The summed E-state index contributed by atoms with van der Waals surface area (Å²) in [6.07, 6.45) is 5.51. The molecule has 0 unspecified atom stereocenters. The van der Waals surface area contributed by atoms with Crippen LogP contribution in [0.25, 0.3) is 0 Å².